The van der Waals surface area contributed by atoms with E-state index in [1.54, 1.807) is 6.92 Å². The largest absolute Gasteiger partial charge is 0.464 e. The molecule has 6 nitrogen and oxygen atoms in total. The smallest absolute Gasteiger partial charge is 0.373 e. The molecule has 2 N–H and O–H groups in total. The molecule has 0 unspecified atom stereocenters. The van der Waals surface area contributed by atoms with E-state index in [0.29, 0.717) is 12.1 Å². The van der Waals surface area contributed by atoms with Crippen molar-refractivity contribution in [3.63, 3.8) is 0 Å². The van der Waals surface area contributed by atoms with E-state index in [4.69, 9.17) is 4.74 Å². The minimum absolute atomic E-state index is 0.205. The van der Waals surface area contributed by atoms with Crippen molar-refractivity contribution in [2.45, 2.75) is 18.5 Å². The lowest BCUT2D eigenvalue weighted by Crippen LogP contribution is -2.96. The third-order valence-corrected chi connectivity index (χ3v) is 6.70. The maximum absolute atomic E-state index is 13.2. The molecule has 2 fully saturated rings. The lowest BCUT2D eigenvalue weighted by Gasteiger charge is -2.29. The zero-order valence-corrected chi connectivity index (χ0v) is 15.9. The molecule has 4 atom stereocenters. The standard InChI is InChI=1S/C20H20N2O4S/c1-3-22-17(23)14-15(18(22)24)20(19(25)26-2,12-8-5-4-6-9-12)21-16(14)13-10-7-11-27-13/h4-11,14-16,21H,3H2,1-2H3/p+1/t14-,15-,16+,20+/m0/s1. The fourth-order valence-electron chi connectivity index (χ4n) is 4.61. The number of methoxy groups -OCH3 is 1. The van der Waals surface area contributed by atoms with Gasteiger partial charge >= 0.3 is 5.97 Å². The highest BCUT2D eigenvalue weighted by Crippen LogP contribution is 2.49. The molecule has 2 amide bonds. The lowest BCUT2D eigenvalue weighted by atomic mass is 9.75. The molecule has 2 saturated heterocycles. The number of imide groups is 1. The Bertz CT molecular complexity index is 883. The summed E-state index contributed by atoms with van der Waals surface area (Å²) in [6.45, 7) is 2.08. The minimum atomic E-state index is -1.27. The zero-order valence-electron chi connectivity index (χ0n) is 15.1. The average Bonchev–Trinajstić information content (AvgIpc) is 3.39. The Morgan fingerprint density at radius 2 is 1.93 bits per heavy atom. The Kier molecular flexibility index (Phi) is 4.36. The molecule has 0 saturated carbocycles. The van der Waals surface area contributed by atoms with Crippen molar-refractivity contribution in [3.05, 3.63) is 58.3 Å². The molecule has 0 bridgehead atoms. The van der Waals surface area contributed by atoms with Gasteiger partial charge < -0.3 is 10.1 Å². The summed E-state index contributed by atoms with van der Waals surface area (Å²) in [5, 5.41) is 3.82. The number of hydrogen-bond acceptors (Lipinski definition) is 5. The molecule has 0 spiro atoms. The van der Waals surface area contributed by atoms with Crippen molar-refractivity contribution in [1.29, 1.82) is 0 Å². The number of esters is 1. The lowest BCUT2D eigenvalue weighted by molar-refractivity contribution is -0.741. The minimum Gasteiger partial charge on any atom is -0.464 e. The van der Waals surface area contributed by atoms with Crippen LogP contribution in [0.15, 0.2) is 47.8 Å². The third-order valence-electron chi connectivity index (χ3n) is 5.72. The number of fused-ring (bicyclic) bond motifs is 1. The number of likely N-dealkylation sites (tertiary alicyclic amines) is 1. The first-order valence-electron chi connectivity index (χ1n) is 8.94. The van der Waals surface area contributed by atoms with E-state index in [9.17, 15) is 14.4 Å². The van der Waals surface area contributed by atoms with Crippen LogP contribution in [0, 0.1) is 11.8 Å². The van der Waals surface area contributed by atoms with Gasteiger partial charge in [0.1, 0.15) is 17.9 Å². The van der Waals surface area contributed by atoms with Crippen LogP contribution < -0.4 is 5.32 Å². The van der Waals surface area contributed by atoms with Crippen LogP contribution in [0.2, 0.25) is 0 Å². The number of hydrogen-bond donors (Lipinski definition) is 1. The first kappa shape index (κ1) is 17.9. The molecule has 140 valence electrons. The van der Waals surface area contributed by atoms with E-state index in [0.717, 1.165) is 4.88 Å². The van der Waals surface area contributed by atoms with Gasteiger partial charge in [0.15, 0.2) is 0 Å². The highest BCUT2D eigenvalue weighted by atomic mass is 32.1. The van der Waals surface area contributed by atoms with Crippen LogP contribution in [0.25, 0.3) is 0 Å². The summed E-state index contributed by atoms with van der Waals surface area (Å²) >= 11 is 1.53. The molecule has 7 heteroatoms. The van der Waals surface area contributed by atoms with Crippen LogP contribution >= 0.6 is 11.3 Å². The molecule has 0 aliphatic carbocycles. The summed E-state index contributed by atoms with van der Waals surface area (Å²) in [4.78, 5) is 41.7. The van der Waals surface area contributed by atoms with E-state index in [1.165, 1.54) is 23.3 Å². The molecular formula is C20H21N2O4S+. The fourth-order valence-corrected chi connectivity index (χ4v) is 5.45. The predicted molar refractivity (Wildman–Crippen MR) is 98.5 cm³/mol. The molecule has 4 rings (SSSR count). The van der Waals surface area contributed by atoms with Gasteiger partial charge in [-0.1, -0.05) is 36.4 Å². The highest BCUT2D eigenvalue weighted by Gasteiger charge is 2.73. The first-order valence-corrected chi connectivity index (χ1v) is 9.82. The number of carbonyl (C=O) groups is 3. The summed E-state index contributed by atoms with van der Waals surface area (Å²) in [6, 6.07) is 12.7. The van der Waals surface area contributed by atoms with Gasteiger partial charge in [-0.2, -0.15) is 0 Å². The van der Waals surface area contributed by atoms with Gasteiger partial charge in [-0.25, -0.2) is 4.79 Å². The van der Waals surface area contributed by atoms with Crippen LogP contribution in [-0.4, -0.2) is 36.3 Å². The molecule has 27 heavy (non-hydrogen) atoms. The quantitative estimate of drug-likeness (QED) is 0.630. The number of quaternary nitrogens is 1. The fraction of sp³-hybridized carbons (Fsp3) is 0.350. The monoisotopic (exact) mass is 385 g/mol. The van der Waals surface area contributed by atoms with Crippen LogP contribution in [0.5, 0.6) is 0 Å². The number of nitrogens with two attached hydrogens (primary N) is 1. The van der Waals surface area contributed by atoms with Crippen molar-refractivity contribution in [2.24, 2.45) is 11.8 Å². The number of ether oxygens (including phenoxy) is 1. The molecule has 1 aromatic heterocycles. The van der Waals surface area contributed by atoms with Crippen molar-refractivity contribution in [1.82, 2.24) is 4.90 Å². The Morgan fingerprint density at radius 3 is 2.52 bits per heavy atom. The van der Waals surface area contributed by atoms with Crippen LogP contribution in [0.3, 0.4) is 0 Å². The summed E-state index contributed by atoms with van der Waals surface area (Å²) < 4.78 is 5.17. The zero-order chi connectivity index (χ0) is 19.2. The summed E-state index contributed by atoms with van der Waals surface area (Å²) in [6.07, 6.45) is 0. The number of rotatable bonds is 4. The van der Waals surface area contributed by atoms with Crippen molar-refractivity contribution >= 4 is 29.1 Å². The van der Waals surface area contributed by atoms with Gasteiger partial charge in [-0.05, 0) is 18.4 Å². The van der Waals surface area contributed by atoms with Crippen LogP contribution in [0.4, 0.5) is 0 Å². The second kappa shape index (κ2) is 6.58. The Balaban J connectivity index is 1.95. The van der Waals surface area contributed by atoms with E-state index in [-0.39, 0.29) is 17.9 Å². The molecule has 0 radical (unpaired) electrons. The Morgan fingerprint density at radius 1 is 1.19 bits per heavy atom. The van der Waals surface area contributed by atoms with Gasteiger partial charge in [-0.15, -0.1) is 11.3 Å². The van der Waals surface area contributed by atoms with Crippen molar-refractivity contribution in [2.75, 3.05) is 13.7 Å². The average molecular weight is 385 g/mol. The molecule has 2 aliphatic rings. The Labute approximate surface area is 161 Å². The van der Waals surface area contributed by atoms with E-state index >= 15 is 0 Å². The number of carbonyl (C=O) groups excluding carboxylic acids is 3. The van der Waals surface area contributed by atoms with E-state index in [1.807, 2.05) is 53.2 Å². The summed E-state index contributed by atoms with van der Waals surface area (Å²) in [7, 11) is 1.33. The molecular weight excluding hydrogens is 364 g/mol. The number of benzene rings is 1. The highest BCUT2D eigenvalue weighted by molar-refractivity contribution is 7.10. The van der Waals surface area contributed by atoms with Gasteiger partial charge in [0, 0.05) is 12.1 Å². The van der Waals surface area contributed by atoms with E-state index < -0.39 is 23.3 Å². The molecule has 2 aromatic rings. The maximum atomic E-state index is 13.2. The van der Waals surface area contributed by atoms with Gasteiger partial charge in [0.2, 0.25) is 17.4 Å². The SMILES string of the molecule is CCN1C(=O)[C@@H]2[C@@H](c3cccs3)[NH2+][C@](C(=O)OC)(c3ccccc3)[C@@H]2C1=O. The maximum Gasteiger partial charge on any atom is 0.373 e. The molecule has 2 aliphatic heterocycles. The molecule has 1 aromatic carbocycles. The number of amides is 2. The summed E-state index contributed by atoms with van der Waals surface area (Å²) in [5.41, 5.74) is -0.587. The first-order chi connectivity index (χ1) is 13.1. The van der Waals surface area contributed by atoms with Crippen LogP contribution in [-0.2, 0) is 24.7 Å². The van der Waals surface area contributed by atoms with Gasteiger partial charge in [-0.3, -0.25) is 14.5 Å². The van der Waals surface area contributed by atoms with Gasteiger partial charge in [0.25, 0.3) is 0 Å². The second-order valence-electron chi connectivity index (χ2n) is 6.86. The summed E-state index contributed by atoms with van der Waals surface area (Å²) in [5.74, 6) is -2.37. The third kappa shape index (κ3) is 2.38. The van der Waals surface area contributed by atoms with Gasteiger partial charge in [0.05, 0.1) is 12.0 Å². The second-order valence-corrected chi connectivity index (χ2v) is 7.84. The predicted octanol–water partition coefficient (Wildman–Crippen LogP) is 1.06. The number of thiophene rings is 1. The van der Waals surface area contributed by atoms with Crippen molar-refractivity contribution in [3.8, 4) is 0 Å². The van der Waals surface area contributed by atoms with E-state index in [2.05, 4.69) is 0 Å². The number of nitrogens with zero attached hydrogens (tertiary/aromatic N) is 1. The topological polar surface area (TPSA) is 80.3 Å². The van der Waals surface area contributed by atoms with Crippen molar-refractivity contribution < 1.29 is 24.4 Å². The van der Waals surface area contributed by atoms with Crippen LogP contribution in [0.1, 0.15) is 23.4 Å². The molecule has 3 heterocycles. The Hall–Kier alpha value is -2.51. The normalized spacial score (nSPS) is 29.9.